The van der Waals surface area contributed by atoms with Crippen molar-refractivity contribution in [2.75, 3.05) is 13.7 Å². The highest BCUT2D eigenvalue weighted by atomic mass is 35.5. The number of carboxylic acids is 1. The second-order valence-corrected chi connectivity index (χ2v) is 7.18. The average molecular weight is 383 g/mol. The predicted molar refractivity (Wildman–Crippen MR) is 96.9 cm³/mol. The van der Waals surface area contributed by atoms with Gasteiger partial charge in [0.2, 0.25) is 5.91 Å². The van der Waals surface area contributed by atoms with Gasteiger partial charge in [-0.15, -0.1) is 11.3 Å². The molecule has 1 amide bonds. The number of thiazole rings is 1. The Kier molecular flexibility index (Phi) is 6.52. The van der Waals surface area contributed by atoms with Crippen molar-refractivity contribution in [1.29, 1.82) is 0 Å². The van der Waals surface area contributed by atoms with Crippen molar-refractivity contribution < 1.29 is 19.4 Å². The summed E-state index contributed by atoms with van der Waals surface area (Å²) in [5.74, 6) is -1.31. The molecule has 0 aliphatic rings. The number of nitrogens with one attached hydrogen (secondary N) is 1. The highest BCUT2D eigenvalue weighted by Gasteiger charge is 2.29. The van der Waals surface area contributed by atoms with E-state index in [0.717, 1.165) is 10.6 Å². The predicted octanol–water partition coefficient (Wildman–Crippen LogP) is 3.00. The highest BCUT2D eigenvalue weighted by Crippen LogP contribution is 2.30. The number of carbonyl (C=O) groups is 2. The Morgan fingerprint density at radius 3 is 2.76 bits per heavy atom. The number of rotatable bonds is 8. The zero-order valence-corrected chi connectivity index (χ0v) is 15.5. The Morgan fingerprint density at radius 2 is 2.12 bits per heavy atom. The number of aliphatic carboxylic acids is 1. The van der Waals surface area contributed by atoms with Crippen molar-refractivity contribution in [2.45, 2.75) is 25.3 Å². The number of methoxy groups -OCH3 is 1. The third kappa shape index (κ3) is 5.52. The van der Waals surface area contributed by atoms with E-state index in [1.807, 2.05) is 18.2 Å². The highest BCUT2D eigenvalue weighted by molar-refractivity contribution is 7.13. The molecule has 0 bridgehead atoms. The topological polar surface area (TPSA) is 88.5 Å². The molecule has 0 saturated heterocycles. The molecule has 0 spiro atoms. The first-order valence-electron chi connectivity index (χ1n) is 7.54. The van der Waals surface area contributed by atoms with Crippen molar-refractivity contribution in [2.24, 2.45) is 0 Å². The summed E-state index contributed by atoms with van der Waals surface area (Å²) >= 11 is 7.57. The lowest BCUT2D eigenvalue weighted by Gasteiger charge is -2.28. The van der Waals surface area contributed by atoms with Gasteiger partial charge in [0.05, 0.1) is 35.7 Å². The zero-order chi connectivity index (χ0) is 18.4. The fraction of sp³-hybridized carbons (Fsp3) is 0.353. The monoisotopic (exact) mass is 382 g/mol. The summed E-state index contributed by atoms with van der Waals surface area (Å²) in [7, 11) is 1.46. The summed E-state index contributed by atoms with van der Waals surface area (Å²) in [5, 5.41) is 14.9. The van der Waals surface area contributed by atoms with Crippen LogP contribution in [-0.2, 0) is 20.7 Å². The molecule has 1 aromatic carbocycles. The van der Waals surface area contributed by atoms with E-state index in [4.69, 9.17) is 21.4 Å². The van der Waals surface area contributed by atoms with Gasteiger partial charge in [0, 0.05) is 18.1 Å². The minimum absolute atomic E-state index is 0.0554. The lowest BCUT2D eigenvalue weighted by atomic mass is 9.98. The van der Waals surface area contributed by atoms with Gasteiger partial charge < -0.3 is 15.2 Å². The van der Waals surface area contributed by atoms with Crippen molar-refractivity contribution in [3.8, 4) is 10.6 Å². The molecule has 0 saturated carbocycles. The Labute approximate surface area is 154 Å². The van der Waals surface area contributed by atoms with Gasteiger partial charge in [0.1, 0.15) is 5.01 Å². The van der Waals surface area contributed by atoms with Crippen LogP contribution in [0.25, 0.3) is 10.6 Å². The van der Waals surface area contributed by atoms with Gasteiger partial charge in [-0.1, -0.05) is 29.8 Å². The second-order valence-electron chi connectivity index (χ2n) is 5.91. The minimum Gasteiger partial charge on any atom is -0.481 e. The lowest BCUT2D eigenvalue weighted by Crippen LogP contribution is -2.51. The van der Waals surface area contributed by atoms with Crippen LogP contribution < -0.4 is 5.32 Å². The van der Waals surface area contributed by atoms with Gasteiger partial charge in [0.25, 0.3) is 0 Å². The van der Waals surface area contributed by atoms with E-state index in [9.17, 15) is 9.59 Å². The first kappa shape index (κ1) is 19.4. The van der Waals surface area contributed by atoms with E-state index in [2.05, 4.69) is 10.3 Å². The van der Waals surface area contributed by atoms with Crippen LogP contribution in [0.3, 0.4) is 0 Å². The molecule has 0 fully saturated rings. The molecule has 2 N–H and O–H groups in total. The average Bonchev–Trinajstić information content (AvgIpc) is 2.94. The van der Waals surface area contributed by atoms with Gasteiger partial charge in [-0.3, -0.25) is 9.59 Å². The van der Waals surface area contributed by atoms with E-state index in [1.165, 1.54) is 18.4 Å². The normalized spacial score (nSPS) is 13.2. The molecule has 0 aliphatic heterocycles. The van der Waals surface area contributed by atoms with Gasteiger partial charge >= 0.3 is 5.97 Å². The first-order valence-corrected chi connectivity index (χ1v) is 8.80. The molecular formula is C17H19ClN2O4S. The van der Waals surface area contributed by atoms with Crippen LogP contribution in [0, 0.1) is 0 Å². The number of hydrogen-bond donors (Lipinski definition) is 2. The largest absolute Gasteiger partial charge is 0.481 e. The molecule has 1 aromatic heterocycles. The summed E-state index contributed by atoms with van der Waals surface area (Å²) in [6.07, 6.45) is -0.172. The standard InChI is InChI=1S/C17H19ClN2O4S/c1-17(10-24-2,8-15(22)23)20-14(21)7-11-9-25-16(19-11)12-5-3-4-6-13(12)18/h3-6,9H,7-8,10H2,1-2H3,(H,20,21)(H,22,23). The lowest BCUT2D eigenvalue weighted by molar-refractivity contribution is -0.139. The molecule has 0 radical (unpaired) electrons. The number of hydrogen-bond acceptors (Lipinski definition) is 5. The summed E-state index contributed by atoms with van der Waals surface area (Å²) in [5.41, 5.74) is 0.447. The maximum atomic E-state index is 12.3. The molecule has 1 unspecified atom stereocenters. The molecule has 1 heterocycles. The Balaban J connectivity index is 2.06. The van der Waals surface area contributed by atoms with Crippen LogP contribution in [0.4, 0.5) is 0 Å². The van der Waals surface area contributed by atoms with Crippen LogP contribution in [0.15, 0.2) is 29.6 Å². The molecule has 6 nitrogen and oxygen atoms in total. The number of carboxylic acid groups (broad SMARTS) is 1. The van der Waals surface area contributed by atoms with Crippen molar-refractivity contribution in [3.05, 3.63) is 40.4 Å². The number of nitrogens with zero attached hydrogens (tertiary/aromatic N) is 1. The van der Waals surface area contributed by atoms with Crippen LogP contribution >= 0.6 is 22.9 Å². The number of ether oxygens (including phenoxy) is 1. The Bertz CT molecular complexity index is 765. The van der Waals surface area contributed by atoms with Crippen LogP contribution in [-0.4, -0.2) is 41.2 Å². The summed E-state index contributed by atoms with van der Waals surface area (Å²) < 4.78 is 5.03. The SMILES string of the molecule is COCC(C)(CC(=O)O)NC(=O)Cc1csc(-c2ccccc2Cl)n1. The van der Waals surface area contributed by atoms with Gasteiger partial charge in [0.15, 0.2) is 0 Å². The smallest absolute Gasteiger partial charge is 0.305 e. The molecule has 0 aliphatic carbocycles. The number of halogens is 1. The summed E-state index contributed by atoms with van der Waals surface area (Å²) in [6.45, 7) is 1.74. The molecule has 1 atom stereocenters. The van der Waals surface area contributed by atoms with Crippen LogP contribution in [0.2, 0.25) is 5.02 Å². The third-order valence-corrected chi connectivity index (χ3v) is 4.70. The number of amides is 1. The third-order valence-electron chi connectivity index (χ3n) is 3.44. The summed E-state index contributed by atoms with van der Waals surface area (Å²) in [6, 6.07) is 7.37. The van der Waals surface area contributed by atoms with E-state index in [1.54, 1.807) is 18.4 Å². The molecular weight excluding hydrogens is 364 g/mol. The van der Waals surface area contributed by atoms with Crippen molar-refractivity contribution in [3.63, 3.8) is 0 Å². The van der Waals surface area contributed by atoms with Gasteiger partial charge in [-0.05, 0) is 13.0 Å². The Morgan fingerprint density at radius 1 is 1.40 bits per heavy atom. The quantitative estimate of drug-likeness (QED) is 0.732. The first-order chi connectivity index (χ1) is 11.8. The van der Waals surface area contributed by atoms with Crippen LogP contribution in [0.1, 0.15) is 19.0 Å². The van der Waals surface area contributed by atoms with Gasteiger partial charge in [-0.2, -0.15) is 0 Å². The molecule has 134 valence electrons. The van der Waals surface area contributed by atoms with E-state index < -0.39 is 11.5 Å². The van der Waals surface area contributed by atoms with E-state index >= 15 is 0 Å². The van der Waals surface area contributed by atoms with Crippen molar-refractivity contribution >= 4 is 34.8 Å². The second kappa shape index (κ2) is 8.42. The number of aromatic nitrogens is 1. The summed E-state index contributed by atoms with van der Waals surface area (Å²) in [4.78, 5) is 27.7. The molecule has 25 heavy (non-hydrogen) atoms. The van der Waals surface area contributed by atoms with E-state index in [-0.39, 0.29) is 25.4 Å². The fourth-order valence-electron chi connectivity index (χ4n) is 2.48. The molecule has 2 aromatic rings. The van der Waals surface area contributed by atoms with E-state index in [0.29, 0.717) is 10.7 Å². The molecule has 2 rings (SSSR count). The van der Waals surface area contributed by atoms with Crippen LogP contribution in [0.5, 0.6) is 0 Å². The zero-order valence-electron chi connectivity index (χ0n) is 13.9. The minimum atomic E-state index is -1.01. The Hall–Kier alpha value is -1.96. The maximum Gasteiger partial charge on any atom is 0.305 e. The fourth-order valence-corrected chi connectivity index (χ4v) is 3.62. The van der Waals surface area contributed by atoms with Gasteiger partial charge in [-0.25, -0.2) is 4.98 Å². The van der Waals surface area contributed by atoms with Crippen molar-refractivity contribution in [1.82, 2.24) is 10.3 Å². The maximum absolute atomic E-state index is 12.3. The number of carbonyl (C=O) groups excluding carboxylic acids is 1. The number of benzene rings is 1. The molecule has 8 heteroatoms.